The van der Waals surface area contributed by atoms with Gasteiger partial charge < -0.3 is 13.9 Å². The Morgan fingerprint density at radius 1 is 1.22 bits per heavy atom. The predicted octanol–water partition coefficient (Wildman–Crippen LogP) is 5.36. The van der Waals surface area contributed by atoms with Gasteiger partial charge in [-0.1, -0.05) is 18.2 Å². The molecule has 0 radical (unpaired) electrons. The van der Waals surface area contributed by atoms with Crippen molar-refractivity contribution in [3.63, 3.8) is 0 Å². The summed E-state index contributed by atoms with van der Waals surface area (Å²) in [6, 6.07) is 11.4. The maximum absolute atomic E-state index is 12.1. The molecule has 0 N–H and O–H groups in total. The van der Waals surface area contributed by atoms with Crippen molar-refractivity contribution in [3.8, 4) is 5.75 Å². The largest absolute Gasteiger partial charge is 0.489 e. The number of ether oxygens (including phenoxy) is 2. The van der Waals surface area contributed by atoms with E-state index in [9.17, 15) is 4.79 Å². The maximum Gasteiger partial charge on any atom is 0.310 e. The van der Waals surface area contributed by atoms with Crippen molar-refractivity contribution in [3.05, 3.63) is 57.9 Å². The van der Waals surface area contributed by atoms with Gasteiger partial charge in [0.2, 0.25) is 0 Å². The van der Waals surface area contributed by atoms with E-state index in [1.807, 2.05) is 64.1 Å². The number of carbonyl (C=O) groups excluding carboxylic acids is 1. The van der Waals surface area contributed by atoms with Crippen LogP contribution < -0.4 is 4.74 Å². The topological polar surface area (TPSA) is 61.6 Å². The van der Waals surface area contributed by atoms with E-state index >= 15 is 0 Å². The molecule has 0 unspecified atom stereocenters. The molecule has 27 heavy (non-hydrogen) atoms. The van der Waals surface area contributed by atoms with Crippen LogP contribution in [-0.2, 0) is 22.6 Å². The Kier molecular flexibility index (Phi) is 5.56. The van der Waals surface area contributed by atoms with Crippen LogP contribution in [0.3, 0.4) is 0 Å². The minimum absolute atomic E-state index is 0.165. The highest BCUT2D eigenvalue weighted by molar-refractivity contribution is 9.10. The van der Waals surface area contributed by atoms with E-state index in [1.54, 1.807) is 0 Å². The smallest absolute Gasteiger partial charge is 0.310 e. The standard InChI is InChI=1S/C21H22BrNO4/c1-13-23-17-10-14(9-16(22)20(17)26-13)12-25-18-8-6-5-7-15(18)11-19(24)27-21(2,3)4/h5-10H,11-12H2,1-4H3. The SMILES string of the molecule is Cc1nc2cc(COc3ccccc3CC(=O)OC(C)(C)C)cc(Br)c2o1. The molecule has 0 fully saturated rings. The van der Waals surface area contributed by atoms with Gasteiger partial charge in [-0.05, 0) is 60.5 Å². The number of rotatable bonds is 5. The van der Waals surface area contributed by atoms with Crippen LogP contribution in [-0.4, -0.2) is 16.6 Å². The lowest BCUT2D eigenvalue weighted by Crippen LogP contribution is -2.25. The third-order valence-electron chi connectivity index (χ3n) is 3.73. The summed E-state index contributed by atoms with van der Waals surface area (Å²) < 4.78 is 17.8. The van der Waals surface area contributed by atoms with Gasteiger partial charge in [-0.2, -0.15) is 0 Å². The van der Waals surface area contributed by atoms with Gasteiger partial charge in [0.25, 0.3) is 0 Å². The van der Waals surface area contributed by atoms with Gasteiger partial charge in [0.1, 0.15) is 23.5 Å². The summed E-state index contributed by atoms with van der Waals surface area (Å²) in [5.74, 6) is 1.00. The molecule has 5 nitrogen and oxygen atoms in total. The highest BCUT2D eigenvalue weighted by Crippen LogP contribution is 2.28. The van der Waals surface area contributed by atoms with E-state index in [2.05, 4.69) is 20.9 Å². The lowest BCUT2D eigenvalue weighted by molar-refractivity contribution is -0.153. The first-order valence-electron chi connectivity index (χ1n) is 8.69. The fourth-order valence-corrected chi connectivity index (χ4v) is 3.30. The van der Waals surface area contributed by atoms with Crippen molar-refractivity contribution in [2.75, 3.05) is 0 Å². The average molecular weight is 432 g/mol. The zero-order chi connectivity index (χ0) is 19.6. The first kappa shape index (κ1) is 19.4. The average Bonchev–Trinajstić information content (AvgIpc) is 2.93. The third kappa shape index (κ3) is 5.10. The maximum atomic E-state index is 12.1. The molecule has 6 heteroatoms. The van der Waals surface area contributed by atoms with Gasteiger partial charge >= 0.3 is 5.97 Å². The Bertz CT molecular complexity index is 972. The van der Waals surface area contributed by atoms with Crippen molar-refractivity contribution in [2.24, 2.45) is 0 Å². The van der Waals surface area contributed by atoms with Gasteiger partial charge in [-0.25, -0.2) is 4.98 Å². The first-order chi connectivity index (χ1) is 12.7. The quantitative estimate of drug-likeness (QED) is 0.508. The Hall–Kier alpha value is -2.34. The number of aromatic nitrogens is 1. The molecular weight excluding hydrogens is 410 g/mol. The van der Waals surface area contributed by atoms with Crippen LogP contribution in [0.5, 0.6) is 5.75 Å². The minimum Gasteiger partial charge on any atom is -0.489 e. The molecule has 0 aliphatic rings. The van der Waals surface area contributed by atoms with Crippen LogP contribution >= 0.6 is 15.9 Å². The van der Waals surface area contributed by atoms with Crippen LogP contribution in [0.2, 0.25) is 0 Å². The predicted molar refractivity (Wildman–Crippen MR) is 107 cm³/mol. The van der Waals surface area contributed by atoms with E-state index in [0.29, 0.717) is 18.2 Å². The molecule has 0 aliphatic carbocycles. The molecule has 0 atom stereocenters. The second-order valence-corrected chi connectivity index (χ2v) is 8.17. The number of oxazole rings is 1. The Morgan fingerprint density at radius 2 is 1.96 bits per heavy atom. The Balaban J connectivity index is 1.74. The van der Waals surface area contributed by atoms with Gasteiger partial charge in [0.05, 0.1) is 10.9 Å². The molecule has 3 rings (SSSR count). The van der Waals surface area contributed by atoms with E-state index in [1.165, 1.54) is 0 Å². The number of carbonyl (C=O) groups is 1. The highest BCUT2D eigenvalue weighted by atomic mass is 79.9. The Morgan fingerprint density at radius 3 is 2.70 bits per heavy atom. The molecular formula is C21H22BrNO4. The van der Waals surface area contributed by atoms with Crippen molar-refractivity contribution in [2.45, 2.75) is 46.3 Å². The summed E-state index contributed by atoms with van der Waals surface area (Å²) in [5, 5.41) is 0. The van der Waals surface area contributed by atoms with Crippen LogP contribution in [0.1, 0.15) is 37.8 Å². The summed E-state index contributed by atoms with van der Waals surface area (Å²) in [4.78, 5) is 16.5. The number of benzene rings is 2. The number of hydrogen-bond donors (Lipinski definition) is 0. The van der Waals surface area contributed by atoms with E-state index in [4.69, 9.17) is 13.9 Å². The number of esters is 1. The lowest BCUT2D eigenvalue weighted by atomic mass is 10.1. The molecule has 1 heterocycles. The van der Waals surface area contributed by atoms with E-state index in [-0.39, 0.29) is 12.4 Å². The molecule has 0 bridgehead atoms. The number of nitrogens with zero attached hydrogens (tertiary/aromatic N) is 1. The first-order valence-corrected chi connectivity index (χ1v) is 9.49. The van der Waals surface area contributed by atoms with Gasteiger partial charge in [0, 0.05) is 12.5 Å². The summed E-state index contributed by atoms with van der Waals surface area (Å²) in [7, 11) is 0. The molecule has 142 valence electrons. The summed E-state index contributed by atoms with van der Waals surface area (Å²) in [6.45, 7) is 7.73. The lowest BCUT2D eigenvalue weighted by Gasteiger charge is -2.20. The molecule has 0 spiro atoms. The molecule has 0 aliphatic heterocycles. The van der Waals surface area contributed by atoms with Crippen molar-refractivity contribution >= 4 is 33.0 Å². The van der Waals surface area contributed by atoms with Crippen LogP contribution in [0, 0.1) is 6.92 Å². The van der Waals surface area contributed by atoms with Crippen molar-refractivity contribution in [1.82, 2.24) is 4.98 Å². The van der Waals surface area contributed by atoms with Crippen molar-refractivity contribution in [1.29, 1.82) is 0 Å². The van der Waals surface area contributed by atoms with E-state index < -0.39 is 5.60 Å². The van der Waals surface area contributed by atoms with Crippen LogP contribution in [0.25, 0.3) is 11.1 Å². The van der Waals surface area contributed by atoms with Crippen molar-refractivity contribution < 1.29 is 18.7 Å². The molecule has 3 aromatic rings. The number of fused-ring (bicyclic) bond motifs is 1. The van der Waals surface area contributed by atoms with Crippen LogP contribution in [0.4, 0.5) is 0 Å². The number of aryl methyl sites for hydroxylation is 1. The molecule has 2 aromatic carbocycles. The zero-order valence-electron chi connectivity index (χ0n) is 15.8. The second-order valence-electron chi connectivity index (χ2n) is 7.32. The number of para-hydroxylation sites is 1. The molecule has 1 aromatic heterocycles. The molecule has 0 amide bonds. The summed E-state index contributed by atoms with van der Waals surface area (Å²) in [5.41, 5.74) is 2.74. The summed E-state index contributed by atoms with van der Waals surface area (Å²) >= 11 is 3.51. The number of halogens is 1. The minimum atomic E-state index is -0.510. The fraction of sp³-hybridized carbons (Fsp3) is 0.333. The Labute approximate surface area is 166 Å². The van der Waals surface area contributed by atoms with Gasteiger partial charge in [-0.15, -0.1) is 0 Å². The third-order valence-corrected chi connectivity index (χ3v) is 4.32. The summed E-state index contributed by atoms with van der Waals surface area (Å²) in [6.07, 6.45) is 0.165. The number of hydrogen-bond acceptors (Lipinski definition) is 5. The fourth-order valence-electron chi connectivity index (χ4n) is 2.73. The zero-order valence-corrected chi connectivity index (χ0v) is 17.4. The van der Waals surface area contributed by atoms with Crippen LogP contribution in [0.15, 0.2) is 45.3 Å². The normalized spacial score (nSPS) is 11.6. The second kappa shape index (κ2) is 7.72. The van der Waals surface area contributed by atoms with Gasteiger partial charge in [0.15, 0.2) is 11.5 Å². The molecule has 0 saturated heterocycles. The van der Waals surface area contributed by atoms with E-state index in [0.717, 1.165) is 26.7 Å². The monoisotopic (exact) mass is 431 g/mol. The molecule has 0 saturated carbocycles. The van der Waals surface area contributed by atoms with Gasteiger partial charge in [-0.3, -0.25) is 4.79 Å². The highest BCUT2D eigenvalue weighted by Gasteiger charge is 2.18.